The van der Waals surface area contributed by atoms with Gasteiger partial charge in [-0.25, -0.2) is 0 Å². The van der Waals surface area contributed by atoms with Crippen molar-refractivity contribution in [1.82, 2.24) is 5.32 Å². The molecular weight excluding hydrogens is 328 g/mol. The number of hydrogen-bond acceptors (Lipinski definition) is 4. The second-order valence-corrected chi connectivity index (χ2v) is 6.96. The Morgan fingerprint density at radius 3 is 2.31 bits per heavy atom. The summed E-state index contributed by atoms with van der Waals surface area (Å²) in [6.07, 6.45) is 2.07. The second kappa shape index (κ2) is 8.83. The number of aromatic hydroxyl groups is 1. The van der Waals surface area contributed by atoms with Crippen LogP contribution < -0.4 is 11.1 Å². The number of phenols is 1. The van der Waals surface area contributed by atoms with E-state index in [9.17, 15) is 15.0 Å². The minimum atomic E-state index is -0.628. The maximum atomic E-state index is 11.1. The number of primary amides is 1. The van der Waals surface area contributed by atoms with E-state index in [0.29, 0.717) is 12.1 Å². The van der Waals surface area contributed by atoms with Crippen molar-refractivity contribution in [2.75, 3.05) is 6.54 Å². The van der Waals surface area contributed by atoms with Gasteiger partial charge in [0.15, 0.2) is 0 Å². The zero-order valence-electron chi connectivity index (χ0n) is 15.4. The number of carbonyl (C=O) groups excluding carboxylic acids is 1. The molecule has 0 fully saturated rings. The van der Waals surface area contributed by atoms with Crippen molar-refractivity contribution in [3.8, 4) is 5.75 Å². The van der Waals surface area contributed by atoms with E-state index in [1.165, 1.54) is 0 Å². The molecule has 140 valence electrons. The number of phenolic OH excluding ortho intramolecular Hbond substituents is 1. The molecule has 5 heteroatoms. The number of β-amino-alcohol motifs (C(OH)–C–C–N with tert-alkyl or cyclic N) is 1. The molecule has 0 saturated heterocycles. The van der Waals surface area contributed by atoms with Gasteiger partial charge >= 0.3 is 0 Å². The van der Waals surface area contributed by atoms with E-state index in [1.807, 2.05) is 12.1 Å². The summed E-state index contributed by atoms with van der Waals surface area (Å²) < 4.78 is 0. The fourth-order valence-corrected chi connectivity index (χ4v) is 2.80. The summed E-state index contributed by atoms with van der Waals surface area (Å²) in [7, 11) is 0. The molecule has 5 N–H and O–H groups in total. The van der Waals surface area contributed by atoms with Crippen LogP contribution in [0.25, 0.3) is 0 Å². The SMILES string of the molecule is CCC(C)(CCc1ccc(C(N)=O)cc1)NCC(O)c1ccc(O)cc1. The van der Waals surface area contributed by atoms with Gasteiger partial charge < -0.3 is 21.3 Å². The molecule has 5 nitrogen and oxygen atoms in total. The van der Waals surface area contributed by atoms with Crippen LogP contribution in [0.4, 0.5) is 0 Å². The number of hydrogen-bond donors (Lipinski definition) is 4. The summed E-state index contributed by atoms with van der Waals surface area (Å²) in [4.78, 5) is 11.1. The van der Waals surface area contributed by atoms with E-state index in [2.05, 4.69) is 19.2 Å². The molecule has 0 spiro atoms. The molecule has 26 heavy (non-hydrogen) atoms. The van der Waals surface area contributed by atoms with Crippen molar-refractivity contribution >= 4 is 5.91 Å². The van der Waals surface area contributed by atoms with Crippen molar-refractivity contribution in [2.45, 2.75) is 44.8 Å². The standard InChI is InChI=1S/C21H28N2O3/c1-3-21(2,13-12-15-4-6-17(7-5-15)20(22)26)23-14-19(25)16-8-10-18(24)11-9-16/h4-11,19,23-25H,3,12-14H2,1-2H3,(H2,22,26). The van der Waals surface area contributed by atoms with E-state index < -0.39 is 12.0 Å². The number of aliphatic hydroxyl groups excluding tert-OH is 1. The molecule has 0 aliphatic carbocycles. The smallest absolute Gasteiger partial charge is 0.248 e. The molecule has 0 aliphatic heterocycles. The highest BCUT2D eigenvalue weighted by Crippen LogP contribution is 2.21. The van der Waals surface area contributed by atoms with Gasteiger partial charge in [0.1, 0.15) is 5.75 Å². The molecule has 2 rings (SSSR count). The van der Waals surface area contributed by atoms with E-state index in [0.717, 1.165) is 30.4 Å². The van der Waals surface area contributed by atoms with Crippen LogP contribution in [-0.2, 0) is 6.42 Å². The Morgan fingerprint density at radius 1 is 1.15 bits per heavy atom. The van der Waals surface area contributed by atoms with Gasteiger partial charge in [-0.3, -0.25) is 4.79 Å². The highest BCUT2D eigenvalue weighted by atomic mass is 16.3. The van der Waals surface area contributed by atoms with Crippen molar-refractivity contribution in [1.29, 1.82) is 0 Å². The molecular formula is C21H28N2O3. The summed E-state index contributed by atoms with van der Waals surface area (Å²) in [5.74, 6) is -0.227. The van der Waals surface area contributed by atoms with Crippen molar-refractivity contribution in [3.63, 3.8) is 0 Å². The lowest BCUT2D eigenvalue weighted by molar-refractivity contribution is 0.1000. The lowest BCUT2D eigenvalue weighted by Crippen LogP contribution is -2.44. The number of aliphatic hydroxyl groups is 1. The number of rotatable bonds is 9. The fourth-order valence-electron chi connectivity index (χ4n) is 2.80. The lowest BCUT2D eigenvalue weighted by atomic mass is 9.90. The van der Waals surface area contributed by atoms with Crippen molar-refractivity contribution in [3.05, 3.63) is 65.2 Å². The first-order valence-corrected chi connectivity index (χ1v) is 8.94. The van der Waals surface area contributed by atoms with Gasteiger partial charge in [-0.15, -0.1) is 0 Å². The Labute approximate surface area is 154 Å². The number of aryl methyl sites for hydroxylation is 1. The Hall–Kier alpha value is -2.37. The molecule has 0 aromatic heterocycles. The predicted molar refractivity (Wildman–Crippen MR) is 103 cm³/mol. The molecule has 2 unspecified atom stereocenters. The summed E-state index contributed by atoms with van der Waals surface area (Å²) >= 11 is 0. The van der Waals surface area contributed by atoms with Gasteiger partial charge in [0, 0.05) is 17.6 Å². The van der Waals surface area contributed by atoms with Gasteiger partial charge in [0.25, 0.3) is 0 Å². The third-order valence-electron chi connectivity index (χ3n) is 4.98. The first kappa shape index (κ1) is 19.9. The quantitative estimate of drug-likeness (QED) is 0.555. The van der Waals surface area contributed by atoms with Crippen LogP contribution in [-0.4, -0.2) is 28.2 Å². The first-order valence-electron chi connectivity index (χ1n) is 8.94. The normalized spacial score (nSPS) is 14.6. The third-order valence-corrected chi connectivity index (χ3v) is 4.98. The minimum absolute atomic E-state index is 0.111. The predicted octanol–water partition coefficient (Wildman–Crippen LogP) is 2.92. The molecule has 2 atom stereocenters. The average molecular weight is 356 g/mol. The van der Waals surface area contributed by atoms with Crippen molar-refractivity contribution in [2.24, 2.45) is 5.73 Å². The van der Waals surface area contributed by atoms with Crippen molar-refractivity contribution < 1.29 is 15.0 Å². The molecule has 0 heterocycles. The van der Waals surface area contributed by atoms with E-state index >= 15 is 0 Å². The van der Waals surface area contributed by atoms with Crippen LogP contribution in [0.3, 0.4) is 0 Å². The Balaban J connectivity index is 1.90. The highest BCUT2D eigenvalue weighted by Gasteiger charge is 2.22. The summed E-state index contributed by atoms with van der Waals surface area (Å²) in [6, 6.07) is 14.0. The summed E-state index contributed by atoms with van der Waals surface area (Å²) in [5.41, 5.74) is 7.59. The largest absolute Gasteiger partial charge is 0.508 e. The monoisotopic (exact) mass is 356 g/mol. The van der Waals surface area contributed by atoms with Crippen LogP contribution in [0.5, 0.6) is 5.75 Å². The number of nitrogens with one attached hydrogen (secondary N) is 1. The highest BCUT2D eigenvalue weighted by molar-refractivity contribution is 5.92. The van der Waals surface area contributed by atoms with Crippen LogP contribution in [0.1, 0.15) is 54.3 Å². The number of carbonyl (C=O) groups is 1. The third kappa shape index (κ3) is 5.58. The van der Waals surface area contributed by atoms with Gasteiger partial charge in [-0.1, -0.05) is 31.2 Å². The topological polar surface area (TPSA) is 95.6 Å². The molecule has 1 amide bonds. The molecule has 0 aliphatic rings. The Kier molecular flexibility index (Phi) is 6.77. The van der Waals surface area contributed by atoms with Crippen LogP contribution in [0, 0.1) is 0 Å². The van der Waals surface area contributed by atoms with Gasteiger partial charge in [0.05, 0.1) is 6.10 Å². The molecule has 2 aromatic carbocycles. The molecule has 0 saturated carbocycles. The Bertz CT molecular complexity index is 713. The molecule has 0 radical (unpaired) electrons. The number of benzene rings is 2. The summed E-state index contributed by atoms with van der Waals surface area (Å²) in [6.45, 7) is 4.71. The van der Waals surface area contributed by atoms with Crippen LogP contribution >= 0.6 is 0 Å². The van der Waals surface area contributed by atoms with Gasteiger partial charge in [-0.2, -0.15) is 0 Å². The van der Waals surface area contributed by atoms with Crippen LogP contribution in [0.2, 0.25) is 0 Å². The maximum Gasteiger partial charge on any atom is 0.248 e. The van der Waals surface area contributed by atoms with Crippen LogP contribution in [0.15, 0.2) is 48.5 Å². The molecule has 2 aromatic rings. The van der Waals surface area contributed by atoms with Gasteiger partial charge in [0.2, 0.25) is 5.91 Å². The van der Waals surface area contributed by atoms with E-state index in [4.69, 9.17) is 5.73 Å². The first-order chi connectivity index (χ1) is 12.3. The zero-order chi connectivity index (χ0) is 19.2. The van der Waals surface area contributed by atoms with E-state index in [-0.39, 0.29) is 11.3 Å². The molecule has 0 bridgehead atoms. The second-order valence-electron chi connectivity index (χ2n) is 6.96. The fraction of sp³-hybridized carbons (Fsp3) is 0.381. The number of amides is 1. The Morgan fingerprint density at radius 2 is 1.77 bits per heavy atom. The minimum Gasteiger partial charge on any atom is -0.508 e. The lowest BCUT2D eigenvalue weighted by Gasteiger charge is -2.31. The van der Waals surface area contributed by atoms with Gasteiger partial charge in [-0.05, 0) is 61.6 Å². The summed E-state index contributed by atoms with van der Waals surface area (Å²) in [5, 5.41) is 23.2. The maximum absolute atomic E-state index is 11.1. The zero-order valence-corrected chi connectivity index (χ0v) is 15.4. The van der Waals surface area contributed by atoms with E-state index in [1.54, 1.807) is 36.4 Å². The average Bonchev–Trinajstić information content (AvgIpc) is 2.65. The number of nitrogens with two attached hydrogens (primary N) is 1.